The van der Waals surface area contributed by atoms with Gasteiger partial charge in [0, 0.05) is 18.9 Å². The standard InChI is InChI=1S/C8H10N2O3S2/c1-13-4-5-14-15-8-3-2-7(6-9-8)10(11)12/h2-3,6H,4-5H2,1H3. The Bertz CT molecular complexity index is 318. The molecule has 15 heavy (non-hydrogen) atoms. The van der Waals surface area contributed by atoms with Crippen molar-refractivity contribution in [1.82, 2.24) is 4.98 Å². The van der Waals surface area contributed by atoms with Crippen molar-refractivity contribution in [3.63, 3.8) is 0 Å². The molecule has 0 bridgehead atoms. The van der Waals surface area contributed by atoms with Crippen LogP contribution < -0.4 is 0 Å². The van der Waals surface area contributed by atoms with E-state index < -0.39 is 4.92 Å². The molecule has 0 aromatic carbocycles. The molecule has 7 heteroatoms. The molecule has 0 aliphatic carbocycles. The van der Waals surface area contributed by atoms with E-state index in [1.165, 1.54) is 23.1 Å². The van der Waals surface area contributed by atoms with Crippen molar-refractivity contribution in [1.29, 1.82) is 0 Å². The smallest absolute Gasteiger partial charge is 0.287 e. The van der Waals surface area contributed by atoms with Crippen LogP contribution in [0.5, 0.6) is 0 Å². The fourth-order valence-corrected chi connectivity index (χ4v) is 2.52. The number of hydrogen-bond donors (Lipinski definition) is 0. The second-order valence-electron chi connectivity index (χ2n) is 2.51. The molecule has 0 atom stereocenters. The van der Waals surface area contributed by atoms with Crippen LogP contribution in [0.3, 0.4) is 0 Å². The van der Waals surface area contributed by atoms with Crippen LogP contribution in [0, 0.1) is 10.1 Å². The second kappa shape index (κ2) is 6.65. The monoisotopic (exact) mass is 246 g/mol. The molecule has 0 aliphatic heterocycles. The fourth-order valence-electron chi connectivity index (χ4n) is 0.749. The van der Waals surface area contributed by atoms with E-state index in [0.717, 1.165) is 10.8 Å². The third kappa shape index (κ3) is 4.50. The van der Waals surface area contributed by atoms with Crippen molar-refractivity contribution in [2.75, 3.05) is 19.5 Å². The molecule has 5 nitrogen and oxygen atoms in total. The number of aromatic nitrogens is 1. The summed E-state index contributed by atoms with van der Waals surface area (Å²) in [5.74, 6) is 0.861. The lowest BCUT2D eigenvalue weighted by Crippen LogP contribution is -1.90. The van der Waals surface area contributed by atoms with Crippen molar-refractivity contribution in [3.05, 3.63) is 28.4 Å². The van der Waals surface area contributed by atoms with Crippen LogP contribution in [-0.4, -0.2) is 29.4 Å². The summed E-state index contributed by atoms with van der Waals surface area (Å²) in [6, 6.07) is 3.09. The SMILES string of the molecule is COCCSSc1ccc([N+](=O)[O-])cn1. The van der Waals surface area contributed by atoms with Crippen molar-refractivity contribution in [2.45, 2.75) is 5.03 Å². The summed E-state index contributed by atoms with van der Waals surface area (Å²) in [7, 11) is 4.74. The van der Waals surface area contributed by atoms with Crippen molar-refractivity contribution >= 4 is 27.3 Å². The van der Waals surface area contributed by atoms with Gasteiger partial charge < -0.3 is 4.74 Å². The van der Waals surface area contributed by atoms with Gasteiger partial charge in [-0.25, -0.2) is 4.98 Å². The molecule has 0 unspecified atom stereocenters. The first kappa shape index (κ1) is 12.3. The molecule has 0 N–H and O–H groups in total. The van der Waals surface area contributed by atoms with Crippen LogP contribution in [-0.2, 0) is 4.74 Å². The van der Waals surface area contributed by atoms with Gasteiger partial charge in [-0.2, -0.15) is 0 Å². The summed E-state index contributed by atoms with van der Waals surface area (Å²) >= 11 is 0. The highest BCUT2D eigenvalue weighted by atomic mass is 33.1. The Morgan fingerprint density at radius 1 is 1.60 bits per heavy atom. The van der Waals surface area contributed by atoms with E-state index in [2.05, 4.69) is 4.98 Å². The molecule has 1 aromatic rings. The summed E-state index contributed by atoms with van der Waals surface area (Å²) < 4.78 is 4.89. The minimum absolute atomic E-state index is 0.0150. The van der Waals surface area contributed by atoms with Gasteiger partial charge in [0.15, 0.2) is 0 Å². The number of nitro groups is 1. The first-order chi connectivity index (χ1) is 7.24. The lowest BCUT2D eigenvalue weighted by atomic mass is 10.4. The van der Waals surface area contributed by atoms with Crippen molar-refractivity contribution in [2.24, 2.45) is 0 Å². The molecule has 0 aliphatic rings. The zero-order valence-corrected chi connectivity index (χ0v) is 9.71. The number of methoxy groups -OCH3 is 1. The van der Waals surface area contributed by atoms with Crippen molar-refractivity contribution in [3.8, 4) is 0 Å². The highest BCUT2D eigenvalue weighted by molar-refractivity contribution is 8.76. The summed E-state index contributed by atoms with van der Waals surface area (Å²) in [5.41, 5.74) is 0.0150. The molecule has 0 fully saturated rings. The van der Waals surface area contributed by atoms with Gasteiger partial charge in [0.25, 0.3) is 5.69 Å². The van der Waals surface area contributed by atoms with E-state index in [0.29, 0.717) is 6.61 Å². The van der Waals surface area contributed by atoms with Crippen LogP contribution >= 0.6 is 21.6 Å². The van der Waals surface area contributed by atoms with Gasteiger partial charge in [0.2, 0.25) is 0 Å². The largest absolute Gasteiger partial charge is 0.384 e. The van der Waals surface area contributed by atoms with E-state index >= 15 is 0 Å². The van der Waals surface area contributed by atoms with E-state index in [1.54, 1.807) is 24.0 Å². The van der Waals surface area contributed by atoms with Crippen LogP contribution in [0.1, 0.15) is 0 Å². The Morgan fingerprint density at radius 3 is 2.93 bits per heavy atom. The average Bonchev–Trinajstić information content (AvgIpc) is 2.25. The molecule has 0 radical (unpaired) electrons. The fraction of sp³-hybridized carbons (Fsp3) is 0.375. The van der Waals surface area contributed by atoms with Crippen LogP contribution in [0.2, 0.25) is 0 Å². The van der Waals surface area contributed by atoms with Gasteiger partial charge in [0.05, 0.1) is 11.5 Å². The normalized spacial score (nSPS) is 10.2. The van der Waals surface area contributed by atoms with Gasteiger partial charge >= 0.3 is 0 Å². The first-order valence-electron chi connectivity index (χ1n) is 4.13. The molecule has 1 aromatic heterocycles. The Labute approximate surface area is 95.2 Å². The summed E-state index contributed by atoms with van der Waals surface area (Å²) in [6.07, 6.45) is 1.26. The quantitative estimate of drug-likeness (QED) is 0.332. The molecule has 1 rings (SSSR count). The maximum atomic E-state index is 10.3. The number of ether oxygens (including phenoxy) is 1. The lowest BCUT2D eigenvalue weighted by Gasteiger charge is -1.99. The number of hydrogen-bond acceptors (Lipinski definition) is 6. The topological polar surface area (TPSA) is 65.3 Å². The van der Waals surface area contributed by atoms with E-state index in [9.17, 15) is 10.1 Å². The summed E-state index contributed by atoms with van der Waals surface area (Å²) in [4.78, 5) is 13.8. The van der Waals surface area contributed by atoms with E-state index in [4.69, 9.17) is 4.74 Å². The van der Waals surface area contributed by atoms with Crippen LogP contribution in [0.25, 0.3) is 0 Å². The van der Waals surface area contributed by atoms with Crippen LogP contribution in [0.4, 0.5) is 5.69 Å². The Balaban J connectivity index is 2.39. The number of rotatable bonds is 6. The Kier molecular flexibility index (Phi) is 5.44. The van der Waals surface area contributed by atoms with Gasteiger partial charge in [-0.3, -0.25) is 10.1 Å². The molecule has 0 saturated carbocycles. The molecule has 0 spiro atoms. The summed E-state index contributed by atoms with van der Waals surface area (Å²) in [5, 5.41) is 11.1. The Morgan fingerprint density at radius 2 is 2.40 bits per heavy atom. The Hall–Kier alpha value is -0.790. The molecule has 0 amide bonds. The third-order valence-corrected chi connectivity index (χ3v) is 3.68. The van der Waals surface area contributed by atoms with Crippen LogP contribution in [0.15, 0.2) is 23.4 Å². The minimum Gasteiger partial charge on any atom is -0.384 e. The highest BCUT2D eigenvalue weighted by Gasteiger charge is 2.05. The molecular weight excluding hydrogens is 236 g/mol. The highest BCUT2D eigenvalue weighted by Crippen LogP contribution is 2.29. The second-order valence-corrected chi connectivity index (χ2v) is 4.95. The molecule has 1 heterocycles. The van der Waals surface area contributed by atoms with Gasteiger partial charge in [-0.1, -0.05) is 10.8 Å². The maximum absolute atomic E-state index is 10.3. The van der Waals surface area contributed by atoms with Crippen molar-refractivity contribution < 1.29 is 9.66 Å². The minimum atomic E-state index is -0.459. The van der Waals surface area contributed by atoms with Gasteiger partial charge in [-0.15, -0.1) is 0 Å². The summed E-state index contributed by atoms with van der Waals surface area (Å²) in [6.45, 7) is 0.685. The van der Waals surface area contributed by atoms with Gasteiger partial charge in [-0.05, 0) is 16.9 Å². The zero-order valence-electron chi connectivity index (χ0n) is 8.08. The third-order valence-electron chi connectivity index (χ3n) is 1.45. The van der Waals surface area contributed by atoms with E-state index in [-0.39, 0.29) is 5.69 Å². The lowest BCUT2D eigenvalue weighted by molar-refractivity contribution is -0.385. The first-order valence-corrected chi connectivity index (χ1v) is 6.45. The average molecular weight is 246 g/mol. The van der Waals surface area contributed by atoms with E-state index in [1.807, 2.05) is 0 Å². The number of pyridine rings is 1. The predicted octanol–water partition coefficient (Wildman–Crippen LogP) is 2.38. The number of nitrogens with zero attached hydrogens (tertiary/aromatic N) is 2. The van der Waals surface area contributed by atoms with Gasteiger partial charge in [0.1, 0.15) is 11.2 Å². The molecule has 82 valence electrons. The molecule has 0 saturated heterocycles. The molecular formula is C8H10N2O3S2. The zero-order chi connectivity index (χ0) is 11.1. The maximum Gasteiger partial charge on any atom is 0.287 e. The predicted molar refractivity (Wildman–Crippen MR) is 61.1 cm³/mol.